The van der Waals surface area contributed by atoms with Crippen molar-refractivity contribution in [3.05, 3.63) is 52.5 Å². The highest BCUT2D eigenvalue weighted by molar-refractivity contribution is 7.92. The highest BCUT2D eigenvalue weighted by Crippen LogP contribution is 2.32. The van der Waals surface area contributed by atoms with Crippen molar-refractivity contribution in [1.82, 2.24) is 9.62 Å². The molecule has 0 aromatic heterocycles. The number of hydrogen-bond acceptors (Lipinski definition) is 6. The molecule has 0 fully saturated rings. The largest absolute Gasteiger partial charge is 0.492 e. The van der Waals surface area contributed by atoms with Gasteiger partial charge in [-0.15, -0.1) is 0 Å². The molecule has 0 aliphatic carbocycles. The summed E-state index contributed by atoms with van der Waals surface area (Å²) in [5.41, 5.74) is 0.0957. The number of nitrogens with one attached hydrogen (secondary N) is 1. The van der Waals surface area contributed by atoms with Crippen LogP contribution in [0, 0.1) is 0 Å². The molecule has 2 aromatic carbocycles. The molecule has 0 saturated carbocycles. The third-order valence-corrected chi connectivity index (χ3v) is 8.12. The second-order valence-corrected chi connectivity index (χ2v) is 12.1. The zero-order chi connectivity index (χ0) is 25.0. The maximum atomic E-state index is 12.6. The van der Waals surface area contributed by atoms with Crippen molar-refractivity contribution in [2.45, 2.75) is 17.9 Å². The molecule has 0 unspecified atom stereocenters. The predicted molar refractivity (Wildman–Crippen MR) is 129 cm³/mol. The van der Waals surface area contributed by atoms with Gasteiger partial charge in [0.1, 0.15) is 18.4 Å². The Labute approximate surface area is 204 Å². The minimum absolute atomic E-state index is 0.0784. The van der Waals surface area contributed by atoms with Crippen LogP contribution in [0.5, 0.6) is 5.75 Å². The summed E-state index contributed by atoms with van der Waals surface area (Å²) in [5.74, 6) is -0.147. The Kier molecular flexibility index (Phi) is 9.00. The summed E-state index contributed by atoms with van der Waals surface area (Å²) in [7, 11) is -4.51. The van der Waals surface area contributed by atoms with Crippen molar-refractivity contribution < 1.29 is 26.4 Å². The van der Waals surface area contributed by atoms with Crippen LogP contribution in [0.4, 0.5) is 5.69 Å². The lowest BCUT2D eigenvalue weighted by molar-refractivity contribution is -0.121. The first-order valence-electron chi connectivity index (χ1n) is 9.62. The monoisotopic (exact) mass is 537 g/mol. The first kappa shape index (κ1) is 27.2. The van der Waals surface area contributed by atoms with Crippen molar-refractivity contribution in [2.24, 2.45) is 0 Å². The molecule has 0 bridgehead atoms. The van der Waals surface area contributed by atoms with Gasteiger partial charge >= 0.3 is 0 Å². The number of carbonyl (C=O) groups excluding carboxylic acids is 1. The Bertz CT molecular complexity index is 1200. The molecule has 1 atom stereocenters. The van der Waals surface area contributed by atoms with Gasteiger partial charge in [0.15, 0.2) is 0 Å². The molecule has 0 saturated heterocycles. The molecule has 0 aliphatic heterocycles. The number of anilines is 1. The van der Waals surface area contributed by atoms with Gasteiger partial charge in [-0.25, -0.2) is 21.1 Å². The third-order valence-electron chi connectivity index (χ3n) is 4.51. The number of amides is 1. The first-order valence-corrected chi connectivity index (χ1v) is 13.7. The molecule has 13 heteroatoms. The Balaban J connectivity index is 2.00. The quantitative estimate of drug-likeness (QED) is 0.466. The summed E-state index contributed by atoms with van der Waals surface area (Å²) in [6, 6.07) is 9.09. The van der Waals surface area contributed by atoms with E-state index in [0.29, 0.717) is 5.75 Å². The second-order valence-electron chi connectivity index (χ2n) is 7.23. The summed E-state index contributed by atoms with van der Waals surface area (Å²) in [5, 5.41) is 3.01. The highest BCUT2D eigenvalue weighted by Gasteiger charge is 2.30. The van der Waals surface area contributed by atoms with Gasteiger partial charge in [-0.1, -0.05) is 23.2 Å². The molecule has 0 heterocycles. The van der Waals surface area contributed by atoms with Crippen LogP contribution in [0.25, 0.3) is 0 Å². The topological polar surface area (TPSA) is 113 Å². The molecule has 33 heavy (non-hydrogen) atoms. The van der Waals surface area contributed by atoms with Crippen LogP contribution in [0.2, 0.25) is 10.0 Å². The standard InChI is InChI=1S/C20H25Cl2N3O6S2/c1-14(25(32(4,27)28)19-13-15(21)5-10-18(19)22)20(26)23-11-12-31-16-6-8-17(9-7-16)33(29,30)24(2)3/h5-10,13-14H,11-12H2,1-4H3,(H,23,26)/t14-/m0/s1. The van der Waals surface area contributed by atoms with Crippen molar-refractivity contribution in [1.29, 1.82) is 0 Å². The van der Waals surface area contributed by atoms with Crippen LogP contribution in [0.1, 0.15) is 6.92 Å². The van der Waals surface area contributed by atoms with E-state index in [2.05, 4.69) is 5.32 Å². The van der Waals surface area contributed by atoms with Crippen LogP contribution in [0.15, 0.2) is 47.4 Å². The minimum atomic E-state index is -3.85. The van der Waals surface area contributed by atoms with Gasteiger partial charge in [-0.2, -0.15) is 0 Å². The molecule has 2 rings (SSSR count). The molecular formula is C20H25Cl2N3O6S2. The lowest BCUT2D eigenvalue weighted by atomic mass is 10.2. The van der Waals surface area contributed by atoms with Crippen molar-refractivity contribution in [2.75, 3.05) is 37.8 Å². The van der Waals surface area contributed by atoms with Crippen molar-refractivity contribution in [3.63, 3.8) is 0 Å². The van der Waals surface area contributed by atoms with E-state index in [4.69, 9.17) is 27.9 Å². The zero-order valence-corrected chi connectivity index (χ0v) is 21.6. The number of rotatable bonds is 10. The smallest absolute Gasteiger partial charge is 0.243 e. The van der Waals surface area contributed by atoms with Gasteiger partial charge in [0.25, 0.3) is 0 Å². The molecule has 1 amide bonds. The van der Waals surface area contributed by atoms with E-state index in [-0.39, 0.29) is 33.8 Å². The number of nitrogens with zero attached hydrogens (tertiary/aromatic N) is 2. The van der Waals surface area contributed by atoms with Crippen LogP contribution in [-0.2, 0) is 24.8 Å². The molecule has 0 radical (unpaired) electrons. The molecule has 9 nitrogen and oxygen atoms in total. The van der Waals surface area contributed by atoms with E-state index in [9.17, 15) is 21.6 Å². The summed E-state index contributed by atoms with van der Waals surface area (Å²) in [6.07, 6.45) is 0.970. The highest BCUT2D eigenvalue weighted by atomic mass is 35.5. The van der Waals surface area contributed by atoms with Crippen LogP contribution < -0.4 is 14.4 Å². The molecule has 0 aliphatic rings. The number of ether oxygens (including phenoxy) is 1. The van der Waals surface area contributed by atoms with E-state index in [1.807, 2.05) is 0 Å². The Hall–Kier alpha value is -2.05. The zero-order valence-electron chi connectivity index (χ0n) is 18.4. The number of halogens is 2. The maximum absolute atomic E-state index is 12.6. The summed E-state index contributed by atoms with van der Waals surface area (Å²) < 4.78 is 56.4. The lowest BCUT2D eigenvalue weighted by Crippen LogP contribution is -2.48. The number of hydrogen-bond donors (Lipinski definition) is 1. The fourth-order valence-corrected chi connectivity index (χ4v) is 5.35. The van der Waals surface area contributed by atoms with Gasteiger partial charge in [0.05, 0.1) is 28.4 Å². The summed E-state index contributed by atoms with van der Waals surface area (Å²) in [4.78, 5) is 12.7. The normalized spacial score (nSPS) is 12.9. The Morgan fingerprint density at radius 1 is 1.06 bits per heavy atom. The average Bonchev–Trinajstić information content (AvgIpc) is 2.72. The van der Waals surface area contributed by atoms with Crippen LogP contribution >= 0.6 is 23.2 Å². The maximum Gasteiger partial charge on any atom is 0.243 e. The summed E-state index contributed by atoms with van der Waals surface area (Å²) in [6.45, 7) is 1.59. The number of carbonyl (C=O) groups is 1. The van der Waals surface area contributed by atoms with Crippen molar-refractivity contribution in [3.8, 4) is 5.75 Å². The SMILES string of the molecule is C[C@@H](C(=O)NCCOc1ccc(S(=O)(=O)N(C)C)cc1)N(c1cc(Cl)ccc1Cl)S(C)(=O)=O. The number of sulfonamides is 2. The van der Waals surface area contributed by atoms with Gasteiger partial charge < -0.3 is 10.1 Å². The van der Waals surface area contributed by atoms with Gasteiger partial charge in [-0.05, 0) is 49.4 Å². The van der Waals surface area contributed by atoms with E-state index in [0.717, 1.165) is 14.9 Å². The fraction of sp³-hybridized carbons (Fsp3) is 0.350. The summed E-state index contributed by atoms with van der Waals surface area (Å²) >= 11 is 12.1. The molecular weight excluding hydrogens is 513 g/mol. The molecule has 2 aromatic rings. The average molecular weight is 538 g/mol. The van der Waals surface area contributed by atoms with E-state index >= 15 is 0 Å². The van der Waals surface area contributed by atoms with Gasteiger partial charge in [0.2, 0.25) is 26.0 Å². The van der Waals surface area contributed by atoms with E-state index in [1.165, 1.54) is 63.5 Å². The third kappa shape index (κ3) is 6.97. The van der Waals surface area contributed by atoms with Crippen LogP contribution in [-0.4, -0.2) is 66.6 Å². The lowest BCUT2D eigenvalue weighted by Gasteiger charge is -2.29. The van der Waals surface area contributed by atoms with Crippen LogP contribution in [0.3, 0.4) is 0 Å². The number of benzene rings is 2. The first-order chi connectivity index (χ1) is 15.2. The van der Waals surface area contributed by atoms with Gasteiger partial charge in [0, 0.05) is 19.1 Å². The fourth-order valence-electron chi connectivity index (χ4n) is 2.85. The predicted octanol–water partition coefficient (Wildman–Crippen LogP) is 2.59. The van der Waals surface area contributed by atoms with E-state index in [1.54, 1.807) is 0 Å². The van der Waals surface area contributed by atoms with Gasteiger partial charge in [-0.3, -0.25) is 9.10 Å². The molecule has 1 N–H and O–H groups in total. The van der Waals surface area contributed by atoms with Crippen molar-refractivity contribution >= 4 is 54.8 Å². The van der Waals surface area contributed by atoms with E-state index < -0.39 is 32.0 Å². The molecule has 0 spiro atoms. The Morgan fingerprint density at radius 2 is 1.67 bits per heavy atom. The molecule has 182 valence electrons. The minimum Gasteiger partial charge on any atom is -0.492 e. The second kappa shape index (κ2) is 10.9. The Morgan fingerprint density at radius 3 is 2.21 bits per heavy atom.